The Kier molecular flexibility index (Phi) is 5.42. The van der Waals surface area contributed by atoms with Gasteiger partial charge in [-0.25, -0.2) is 0 Å². The van der Waals surface area contributed by atoms with Crippen LogP contribution in [0.5, 0.6) is 0 Å². The van der Waals surface area contributed by atoms with Crippen molar-refractivity contribution in [2.24, 2.45) is 5.92 Å². The van der Waals surface area contributed by atoms with Gasteiger partial charge in [-0.3, -0.25) is 0 Å². The minimum atomic E-state index is 0.220. The standard InChI is InChI=1S/C13H22N2/c1-11(2)8-9-15-13-7-5-3-4-6-12(13)10-14/h8,12-13,15H,3-7,9H2,1-2H3. The van der Waals surface area contributed by atoms with E-state index in [0.717, 1.165) is 19.4 Å². The highest BCUT2D eigenvalue weighted by Gasteiger charge is 2.22. The van der Waals surface area contributed by atoms with E-state index in [1.165, 1.54) is 24.8 Å². The van der Waals surface area contributed by atoms with Crippen molar-refractivity contribution in [2.75, 3.05) is 6.54 Å². The highest BCUT2D eigenvalue weighted by Crippen LogP contribution is 2.22. The maximum absolute atomic E-state index is 9.09. The van der Waals surface area contributed by atoms with Gasteiger partial charge in [0.1, 0.15) is 0 Å². The molecule has 1 saturated carbocycles. The number of hydrogen-bond donors (Lipinski definition) is 1. The molecule has 1 aliphatic carbocycles. The zero-order valence-electron chi connectivity index (χ0n) is 9.92. The molecule has 0 aliphatic heterocycles. The Hall–Kier alpha value is -0.810. The number of nitriles is 1. The quantitative estimate of drug-likeness (QED) is 0.569. The van der Waals surface area contributed by atoms with Crippen molar-refractivity contribution in [3.63, 3.8) is 0 Å². The summed E-state index contributed by atoms with van der Waals surface area (Å²) < 4.78 is 0. The molecule has 1 fully saturated rings. The molecule has 84 valence electrons. The molecule has 1 rings (SSSR count). The summed E-state index contributed by atoms with van der Waals surface area (Å²) in [6.07, 6.45) is 8.21. The van der Waals surface area contributed by atoms with Gasteiger partial charge in [-0.15, -0.1) is 0 Å². The second-order valence-corrected chi connectivity index (χ2v) is 4.67. The van der Waals surface area contributed by atoms with Gasteiger partial charge in [-0.1, -0.05) is 30.9 Å². The maximum Gasteiger partial charge on any atom is 0.0672 e. The van der Waals surface area contributed by atoms with Gasteiger partial charge in [0.25, 0.3) is 0 Å². The highest BCUT2D eigenvalue weighted by molar-refractivity contribution is 4.98. The zero-order chi connectivity index (χ0) is 11.1. The van der Waals surface area contributed by atoms with Crippen LogP contribution in [0.4, 0.5) is 0 Å². The van der Waals surface area contributed by atoms with E-state index < -0.39 is 0 Å². The van der Waals surface area contributed by atoms with Gasteiger partial charge in [0.05, 0.1) is 12.0 Å². The van der Waals surface area contributed by atoms with E-state index in [1.807, 2.05) is 0 Å². The van der Waals surface area contributed by atoms with Crippen molar-refractivity contribution < 1.29 is 0 Å². The Morgan fingerprint density at radius 3 is 2.73 bits per heavy atom. The monoisotopic (exact) mass is 206 g/mol. The summed E-state index contributed by atoms with van der Waals surface area (Å²) in [6.45, 7) is 5.12. The first-order valence-electron chi connectivity index (χ1n) is 6.00. The molecule has 0 amide bonds. The average Bonchev–Trinajstić information content (AvgIpc) is 2.42. The average molecular weight is 206 g/mol. The van der Waals surface area contributed by atoms with Crippen LogP contribution in [-0.2, 0) is 0 Å². The summed E-state index contributed by atoms with van der Waals surface area (Å²) in [7, 11) is 0. The van der Waals surface area contributed by atoms with Crippen LogP contribution in [0.3, 0.4) is 0 Å². The molecule has 1 aliphatic rings. The molecule has 2 atom stereocenters. The third kappa shape index (κ3) is 4.48. The molecule has 0 spiro atoms. The van der Waals surface area contributed by atoms with E-state index >= 15 is 0 Å². The van der Waals surface area contributed by atoms with Crippen molar-refractivity contribution in [3.8, 4) is 6.07 Å². The second-order valence-electron chi connectivity index (χ2n) is 4.67. The molecule has 0 radical (unpaired) electrons. The van der Waals surface area contributed by atoms with E-state index in [-0.39, 0.29) is 5.92 Å². The third-order valence-electron chi connectivity index (χ3n) is 3.07. The van der Waals surface area contributed by atoms with Gasteiger partial charge in [0.2, 0.25) is 0 Å². The normalized spacial score (nSPS) is 26.5. The summed E-state index contributed by atoms with van der Waals surface area (Å²) in [5.74, 6) is 0.220. The van der Waals surface area contributed by atoms with Crippen LogP contribution in [0.25, 0.3) is 0 Å². The molecule has 2 unspecified atom stereocenters. The third-order valence-corrected chi connectivity index (χ3v) is 3.07. The summed E-state index contributed by atoms with van der Waals surface area (Å²) in [4.78, 5) is 0. The van der Waals surface area contributed by atoms with Crippen LogP contribution >= 0.6 is 0 Å². The van der Waals surface area contributed by atoms with Crippen LogP contribution in [0.2, 0.25) is 0 Å². The van der Waals surface area contributed by atoms with Crippen LogP contribution < -0.4 is 5.32 Å². The fraction of sp³-hybridized carbons (Fsp3) is 0.769. The number of nitrogens with one attached hydrogen (secondary N) is 1. The van der Waals surface area contributed by atoms with Crippen LogP contribution in [0, 0.1) is 17.2 Å². The highest BCUT2D eigenvalue weighted by atomic mass is 14.9. The minimum Gasteiger partial charge on any atom is -0.309 e. The number of allylic oxidation sites excluding steroid dienone is 1. The number of nitrogens with zero attached hydrogens (tertiary/aromatic N) is 1. The fourth-order valence-electron chi connectivity index (χ4n) is 2.12. The molecule has 1 N–H and O–H groups in total. The first-order chi connectivity index (χ1) is 7.24. The molecule has 0 bridgehead atoms. The van der Waals surface area contributed by atoms with Crippen molar-refractivity contribution in [1.82, 2.24) is 5.32 Å². The fourth-order valence-corrected chi connectivity index (χ4v) is 2.12. The topological polar surface area (TPSA) is 35.8 Å². The van der Waals surface area contributed by atoms with Crippen molar-refractivity contribution in [1.29, 1.82) is 5.26 Å². The summed E-state index contributed by atoms with van der Waals surface area (Å²) in [5.41, 5.74) is 1.34. The molecular formula is C13H22N2. The van der Waals surface area contributed by atoms with Gasteiger partial charge >= 0.3 is 0 Å². The zero-order valence-corrected chi connectivity index (χ0v) is 9.92. The predicted molar refractivity (Wildman–Crippen MR) is 63.4 cm³/mol. The number of rotatable bonds is 3. The van der Waals surface area contributed by atoms with Gasteiger partial charge in [-0.05, 0) is 26.7 Å². The molecule has 15 heavy (non-hydrogen) atoms. The molecular weight excluding hydrogens is 184 g/mol. The maximum atomic E-state index is 9.09. The Morgan fingerprint density at radius 1 is 1.33 bits per heavy atom. The van der Waals surface area contributed by atoms with Crippen LogP contribution in [0.15, 0.2) is 11.6 Å². The lowest BCUT2D eigenvalue weighted by Gasteiger charge is -2.20. The second kappa shape index (κ2) is 6.63. The smallest absolute Gasteiger partial charge is 0.0672 e. The summed E-state index contributed by atoms with van der Waals surface area (Å²) in [6, 6.07) is 2.86. The molecule has 2 nitrogen and oxygen atoms in total. The largest absolute Gasteiger partial charge is 0.309 e. The van der Waals surface area contributed by atoms with E-state index in [2.05, 4.69) is 31.3 Å². The van der Waals surface area contributed by atoms with Gasteiger partial charge < -0.3 is 5.32 Å². The Morgan fingerprint density at radius 2 is 2.07 bits per heavy atom. The van der Waals surface area contributed by atoms with Crippen molar-refractivity contribution in [2.45, 2.75) is 52.0 Å². The van der Waals surface area contributed by atoms with Gasteiger partial charge in [0, 0.05) is 12.6 Å². The van der Waals surface area contributed by atoms with E-state index in [1.54, 1.807) is 0 Å². The lowest BCUT2D eigenvalue weighted by Crippen LogP contribution is -2.35. The van der Waals surface area contributed by atoms with Gasteiger partial charge in [-0.2, -0.15) is 5.26 Å². The van der Waals surface area contributed by atoms with E-state index in [4.69, 9.17) is 5.26 Å². The van der Waals surface area contributed by atoms with Crippen molar-refractivity contribution >= 4 is 0 Å². The Bertz CT molecular complexity index is 246. The Balaban J connectivity index is 2.42. The Labute approximate surface area is 93.4 Å². The summed E-state index contributed by atoms with van der Waals surface area (Å²) >= 11 is 0. The molecule has 0 heterocycles. The minimum absolute atomic E-state index is 0.220. The van der Waals surface area contributed by atoms with Crippen LogP contribution in [-0.4, -0.2) is 12.6 Å². The van der Waals surface area contributed by atoms with E-state index in [9.17, 15) is 0 Å². The molecule has 0 saturated heterocycles. The van der Waals surface area contributed by atoms with E-state index in [0.29, 0.717) is 6.04 Å². The first kappa shape index (κ1) is 12.3. The molecule has 0 aromatic heterocycles. The molecule has 0 aromatic rings. The number of hydrogen-bond acceptors (Lipinski definition) is 2. The first-order valence-corrected chi connectivity index (χ1v) is 6.00. The SMILES string of the molecule is CC(C)=CCNC1CCCCCC1C#N. The predicted octanol–water partition coefficient (Wildman–Crippen LogP) is 3.01. The van der Waals surface area contributed by atoms with Crippen LogP contribution in [0.1, 0.15) is 46.0 Å². The molecule has 2 heteroatoms. The lowest BCUT2D eigenvalue weighted by molar-refractivity contribution is 0.410. The van der Waals surface area contributed by atoms with Crippen molar-refractivity contribution in [3.05, 3.63) is 11.6 Å². The molecule has 0 aromatic carbocycles. The lowest BCUT2D eigenvalue weighted by atomic mass is 9.96. The van der Waals surface area contributed by atoms with Gasteiger partial charge in [0.15, 0.2) is 0 Å². The summed E-state index contributed by atoms with van der Waals surface area (Å²) in [5, 5.41) is 12.6.